The van der Waals surface area contributed by atoms with Crippen LogP contribution in [0.25, 0.3) is 0 Å². The number of benzene rings is 1. The summed E-state index contributed by atoms with van der Waals surface area (Å²) in [6.45, 7) is 3.90. The fourth-order valence-corrected chi connectivity index (χ4v) is 1.52. The first kappa shape index (κ1) is 11.5. The zero-order chi connectivity index (χ0) is 9.10. The summed E-state index contributed by atoms with van der Waals surface area (Å²) in [6, 6.07) is 11.5. The lowest BCUT2D eigenvalue weighted by Gasteiger charge is -2.30. The van der Waals surface area contributed by atoms with Crippen LogP contribution in [0.15, 0.2) is 30.3 Å². The summed E-state index contributed by atoms with van der Waals surface area (Å²) in [6.07, 6.45) is 0. The van der Waals surface area contributed by atoms with Crippen molar-refractivity contribution in [3.05, 3.63) is 35.9 Å². The second kappa shape index (κ2) is 5.35. The molecule has 1 aromatic carbocycles. The molecule has 0 spiro atoms. The molecule has 1 unspecified atom stereocenters. The number of hydrogen-bond acceptors (Lipinski definition) is 2. The van der Waals surface area contributed by atoms with Gasteiger partial charge in [0.2, 0.25) is 0 Å². The molecule has 1 heterocycles. The van der Waals surface area contributed by atoms with E-state index < -0.39 is 0 Å². The molecule has 14 heavy (non-hydrogen) atoms. The summed E-state index contributed by atoms with van der Waals surface area (Å²) in [5.74, 6) is 0. The molecule has 1 saturated heterocycles. The van der Waals surface area contributed by atoms with Crippen LogP contribution in [0.3, 0.4) is 0 Å². The van der Waals surface area contributed by atoms with Crippen LogP contribution in [0.1, 0.15) is 18.5 Å². The van der Waals surface area contributed by atoms with Crippen molar-refractivity contribution in [2.45, 2.75) is 19.0 Å². The Morgan fingerprint density at radius 3 is 2.43 bits per heavy atom. The number of rotatable bonds is 3. The Balaban J connectivity index is 0.000000980. The molecule has 0 amide bonds. The highest BCUT2D eigenvalue weighted by Gasteiger charge is 2.20. The SMILES string of the molecule is CC(NC1COC1)c1ccccc1.Cl. The van der Waals surface area contributed by atoms with E-state index in [1.54, 1.807) is 0 Å². The lowest BCUT2D eigenvalue weighted by atomic mass is 10.1. The molecule has 1 atom stereocenters. The van der Waals surface area contributed by atoms with Crippen LogP contribution < -0.4 is 5.32 Å². The van der Waals surface area contributed by atoms with Crippen molar-refractivity contribution >= 4 is 12.4 Å². The Morgan fingerprint density at radius 1 is 1.29 bits per heavy atom. The van der Waals surface area contributed by atoms with Gasteiger partial charge in [0.15, 0.2) is 0 Å². The van der Waals surface area contributed by atoms with Gasteiger partial charge in [-0.25, -0.2) is 0 Å². The van der Waals surface area contributed by atoms with E-state index in [9.17, 15) is 0 Å². The van der Waals surface area contributed by atoms with Crippen LogP contribution in [-0.4, -0.2) is 19.3 Å². The molecule has 0 saturated carbocycles. The van der Waals surface area contributed by atoms with Crippen molar-refractivity contribution in [2.24, 2.45) is 0 Å². The van der Waals surface area contributed by atoms with Crippen LogP contribution in [0, 0.1) is 0 Å². The minimum Gasteiger partial charge on any atom is -0.378 e. The first-order valence-corrected chi connectivity index (χ1v) is 4.75. The van der Waals surface area contributed by atoms with Crippen molar-refractivity contribution in [2.75, 3.05) is 13.2 Å². The molecule has 3 heteroatoms. The van der Waals surface area contributed by atoms with Crippen molar-refractivity contribution in [3.8, 4) is 0 Å². The lowest BCUT2D eigenvalue weighted by Crippen LogP contribution is -2.46. The van der Waals surface area contributed by atoms with Gasteiger partial charge in [-0.15, -0.1) is 12.4 Å². The second-order valence-corrected chi connectivity index (χ2v) is 3.53. The number of halogens is 1. The maximum atomic E-state index is 5.11. The molecule has 78 valence electrons. The predicted molar refractivity (Wildman–Crippen MR) is 59.8 cm³/mol. The summed E-state index contributed by atoms with van der Waals surface area (Å²) < 4.78 is 5.11. The quantitative estimate of drug-likeness (QED) is 0.831. The van der Waals surface area contributed by atoms with Crippen LogP contribution in [0.4, 0.5) is 0 Å². The summed E-state index contributed by atoms with van der Waals surface area (Å²) in [4.78, 5) is 0. The topological polar surface area (TPSA) is 21.3 Å². The van der Waals surface area contributed by atoms with Gasteiger partial charge in [-0.3, -0.25) is 0 Å². The average molecular weight is 214 g/mol. The summed E-state index contributed by atoms with van der Waals surface area (Å²) >= 11 is 0. The van der Waals surface area contributed by atoms with E-state index in [-0.39, 0.29) is 12.4 Å². The molecule has 0 aromatic heterocycles. The maximum Gasteiger partial charge on any atom is 0.0643 e. The monoisotopic (exact) mass is 213 g/mol. The first-order chi connectivity index (χ1) is 6.36. The van der Waals surface area contributed by atoms with E-state index in [2.05, 4.69) is 36.5 Å². The third-order valence-electron chi connectivity index (χ3n) is 2.42. The van der Waals surface area contributed by atoms with E-state index in [0.29, 0.717) is 12.1 Å². The minimum atomic E-state index is 0. The van der Waals surface area contributed by atoms with E-state index in [1.807, 2.05) is 6.07 Å². The second-order valence-electron chi connectivity index (χ2n) is 3.53. The number of hydrogen-bond donors (Lipinski definition) is 1. The van der Waals surface area contributed by atoms with Crippen LogP contribution in [0.2, 0.25) is 0 Å². The lowest BCUT2D eigenvalue weighted by molar-refractivity contribution is -0.00925. The van der Waals surface area contributed by atoms with Gasteiger partial charge >= 0.3 is 0 Å². The molecule has 1 aromatic rings. The molecular weight excluding hydrogens is 198 g/mol. The van der Waals surface area contributed by atoms with Crippen molar-refractivity contribution in [1.82, 2.24) is 5.32 Å². The highest BCUT2D eigenvalue weighted by Crippen LogP contribution is 2.13. The fourth-order valence-electron chi connectivity index (χ4n) is 1.52. The van der Waals surface area contributed by atoms with Crippen LogP contribution in [-0.2, 0) is 4.74 Å². The smallest absolute Gasteiger partial charge is 0.0643 e. The summed E-state index contributed by atoms with van der Waals surface area (Å²) in [5.41, 5.74) is 1.34. The summed E-state index contributed by atoms with van der Waals surface area (Å²) in [5, 5.41) is 3.51. The largest absolute Gasteiger partial charge is 0.378 e. The molecule has 1 fully saturated rings. The van der Waals surface area contributed by atoms with E-state index >= 15 is 0 Å². The molecule has 0 aliphatic carbocycles. The zero-order valence-corrected chi connectivity index (χ0v) is 9.09. The Bertz CT molecular complexity index is 261. The molecule has 2 rings (SSSR count). The van der Waals surface area contributed by atoms with Crippen molar-refractivity contribution < 1.29 is 4.74 Å². The Hall–Kier alpha value is -0.570. The Kier molecular flexibility index (Phi) is 4.39. The normalized spacial score (nSPS) is 18.1. The fraction of sp³-hybridized carbons (Fsp3) is 0.455. The van der Waals surface area contributed by atoms with Gasteiger partial charge < -0.3 is 10.1 Å². The van der Waals surface area contributed by atoms with E-state index in [4.69, 9.17) is 4.74 Å². The third kappa shape index (κ3) is 2.71. The average Bonchev–Trinajstić information content (AvgIpc) is 2.12. The van der Waals surface area contributed by atoms with Gasteiger partial charge in [0.25, 0.3) is 0 Å². The first-order valence-electron chi connectivity index (χ1n) is 4.75. The van der Waals surface area contributed by atoms with Gasteiger partial charge in [-0.05, 0) is 12.5 Å². The summed E-state index contributed by atoms with van der Waals surface area (Å²) in [7, 11) is 0. The van der Waals surface area contributed by atoms with E-state index in [0.717, 1.165) is 13.2 Å². The van der Waals surface area contributed by atoms with Gasteiger partial charge in [-0.2, -0.15) is 0 Å². The highest BCUT2D eigenvalue weighted by molar-refractivity contribution is 5.85. The molecule has 0 bridgehead atoms. The molecule has 0 radical (unpaired) electrons. The maximum absolute atomic E-state index is 5.11. The van der Waals surface area contributed by atoms with Crippen molar-refractivity contribution in [3.63, 3.8) is 0 Å². The molecule has 2 nitrogen and oxygen atoms in total. The molecular formula is C11H16ClNO. The highest BCUT2D eigenvalue weighted by atomic mass is 35.5. The Labute approximate surface area is 91.1 Å². The minimum absolute atomic E-state index is 0. The third-order valence-corrected chi connectivity index (χ3v) is 2.42. The van der Waals surface area contributed by atoms with Gasteiger partial charge in [0, 0.05) is 6.04 Å². The van der Waals surface area contributed by atoms with Crippen molar-refractivity contribution in [1.29, 1.82) is 0 Å². The standard InChI is InChI=1S/C11H15NO.ClH/c1-9(12-11-7-13-8-11)10-5-3-2-4-6-10;/h2-6,9,11-12H,7-8H2,1H3;1H. The van der Waals surface area contributed by atoms with Crippen LogP contribution in [0.5, 0.6) is 0 Å². The predicted octanol–water partition coefficient (Wildman–Crippen LogP) is 2.16. The van der Waals surface area contributed by atoms with Gasteiger partial charge in [0.1, 0.15) is 0 Å². The molecule has 1 aliphatic rings. The van der Waals surface area contributed by atoms with E-state index in [1.165, 1.54) is 5.56 Å². The van der Waals surface area contributed by atoms with Crippen LogP contribution >= 0.6 is 12.4 Å². The number of ether oxygens (including phenoxy) is 1. The van der Waals surface area contributed by atoms with Gasteiger partial charge in [-0.1, -0.05) is 30.3 Å². The molecule has 1 N–H and O–H groups in total. The number of nitrogens with one attached hydrogen (secondary N) is 1. The van der Waals surface area contributed by atoms with Gasteiger partial charge in [0.05, 0.1) is 19.3 Å². The molecule has 1 aliphatic heterocycles. The zero-order valence-electron chi connectivity index (χ0n) is 8.27. The Morgan fingerprint density at radius 2 is 1.93 bits per heavy atom.